The van der Waals surface area contributed by atoms with Crippen LogP contribution in [0.1, 0.15) is 0 Å². The second kappa shape index (κ2) is 5.93. The predicted octanol–water partition coefficient (Wildman–Crippen LogP) is 7.82. The first-order valence-corrected chi connectivity index (χ1v) is 9.98. The molecule has 4 heteroatoms. The van der Waals surface area contributed by atoms with Crippen molar-refractivity contribution in [1.29, 1.82) is 0 Å². The quantitative estimate of drug-likeness (QED) is 0.292. The van der Waals surface area contributed by atoms with Crippen LogP contribution in [0, 0.1) is 0 Å². The molecule has 2 aromatic heterocycles. The van der Waals surface area contributed by atoms with Gasteiger partial charge in [-0.3, -0.25) is 0 Å². The van der Waals surface area contributed by atoms with Gasteiger partial charge in [-0.2, -0.15) is 0 Å². The van der Waals surface area contributed by atoms with E-state index in [1.165, 1.54) is 39.2 Å². The molecule has 0 aliphatic rings. The van der Waals surface area contributed by atoms with Crippen molar-refractivity contribution < 1.29 is 0 Å². The van der Waals surface area contributed by atoms with Crippen LogP contribution in [0.25, 0.3) is 30.3 Å². The van der Waals surface area contributed by atoms with Crippen LogP contribution >= 0.6 is 54.5 Å². The van der Waals surface area contributed by atoms with Crippen LogP contribution in [-0.4, -0.2) is 0 Å². The van der Waals surface area contributed by atoms with E-state index in [9.17, 15) is 0 Å². The third-order valence-corrected chi connectivity index (χ3v) is 8.76. The summed E-state index contributed by atoms with van der Waals surface area (Å²) in [6.45, 7) is 0. The number of rotatable bonds is 2. The average Bonchev–Trinajstić information content (AvgIpc) is 3.07. The molecule has 2 aromatic carbocycles. The average molecular weight is 450 g/mol. The summed E-state index contributed by atoms with van der Waals surface area (Å²) in [6, 6.07) is 21.1. The van der Waals surface area contributed by atoms with E-state index in [2.05, 4.69) is 92.5 Å². The molecule has 0 fully saturated rings. The first-order valence-electron chi connectivity index (χ1n) is 6.77. The van der Waals surface area contributed by atoms with E-state index in [0.29, 0.717) is 0 Å². The van der Waals surface area contributed by atoms with E-state index < -0.39 is 0 Å². The van der Waals surface area contributed by atoms with Crippen molar-refractivity contribution in [2.75, 3.05) is 0 Å². The molecule has 0 atom stereocenters. The number of thiophene rings is 2. The molecule has 0 unspecified atom stereocenters. The summed E-state index contributed by atoms with van der Waals surface area (Å²) < 4.78 is 5.03. The zero-order valence-corrected chi connectivity index (χ0v) is 16.2. The smallest absolute Gasteiger partial charge is 0.0618 e. The maximum atomic E-state index is 3.81. The highest BCUT2D eigenvalue weighted by molar-refractivity contribution is 9.11. The lowest BCUT2D eigenvalue weighted by Crippen LogP contribution is -1.72. The van der Waals surface area contributed by atoms with Gasteiger partial charge in [0, 0.05) is 0 Å². The van der Waals surface area contributed by atoms with Gasteiger partial charge in [0.05, 0.1) is 28.1 Å². The van der Waals surface area contributed by atoms with E-state index >= 15 is 0 Å². The van der Waals surface area contributed by atoms with Crippen molar-refractivity contribution >= 4 is 63.9 Å². The summed E-state index contributed by atoms with van der Waals surface area (Å²) in [7, 11) is 0. The van der Waals surface area contributed by atoms with Crippen LogP contribution in [0.5, 0.6) is 0 Å². The van der Waals surface area contributed by atoms with Gasteiger partial charge in [-0.05, 0) is 43.0 Å². The van der Waals surface area contributed by atoms with Gasteiger partial charge < -0.3 is 0 Å². The summed E-state index contributed by atoms with van der Waals surface area (Å²) in [5, 5.41) is 0. The molecule has 0 saturated carbocycles. The Hall–Kier alpha value is -0.940. The molecular formula is C18H10Br2S2. The van der Waals surface area contributed by atoms with Gasteiger partial charge in [0.1, 0.15) is 0 Å². The number of benzene rings is 2. The zero-order valence-electron chi connectivity index (χ0n) is 11.3. The number of hydrogen-bond acceptors (Lipinski definition) is 2. The molecule has 0 nitrogen and oxygen atoms in total. The summed E-state index contributed by atoms with van der Waals surface area (Å²) in [6.07, 6.45) is 0. The Morgan fingerprint density at radius 2 is 0.909 bits per heavy atom. The fourth-order valence-corrected chi connectivity index (χ4v) is 6.97. The molecule has 2 heterocycles. The van der Waals surface area contributed by atoms with E-state index in [4.69, 9.17) is 0 Å². The molecule has 0 bridgehead atoms. The van der Waals surface area contributed by atoms with Gasteiger partial charge in [-0.15, -0.1) is 22.7 Å². The number of hydrogen-bond donors (Lipinski definition) is 0. The van der Waals surface area contributed by atoms with Gasteiger partial charge in [0.2, 0.25) is 0 Å². The maximum absolute atomic E-state index is 3.81. The molecule has 4 aromatic rings. The van der Waals surface area contributed by atoms with Crippen molar-refractivity contribution in [2.24, 2.45) is 0 Å². The fraction of sp³-hybridized carbons (Fsp3) is 0. The molecule has 0 N–H and O–H groups in total. The van der Waals surface area contributed by atoms with Gasteiger partial charge >= 0.3 is 0 Å². The second-order valence-electron chi connectivity index (χ2n) is 4.88. The Morgan fingerprint density at radius 1 is 0.545 bits per heavy atom. The molecule has 0 amide bonds. The van der Waals surface area contributed by atoms with Gasteiger partial charge in [-0.25, -0.2) is 0 Å². The van der Waals surface area contributed by atoms with Crippen LogP contribution in [0.3, 0.4) is 0 Å². The minimum absolute atomic E-state index is 1.20. The number of fused-ring (bicyclic) bond motifs is 1. The van der Waals surface area contributed by atoms with Gasteiger partial charge in [0.15, 0.2) is 0 Å². The van der Waals surface area contributed by atoms with Crippen LogP contribution < -0.4 is 0 Å². The third kappa shape index (κ3) is 2.38. The summed E-state index contributed by atoms with van der Waals surface area (Å²) in [5.74, 6) is 0. The van der Waals surface area contributed by atoms with Crippen molar-refractivity contribution in [3.05, 3.63) is 69.6 Å². The van der Waals surface area contributed by atoms with Crippen LogP contribution in [0.4, 0.5) is 0 Å². The molecule has 0 spiro atoms. The molecular weight excluding hydrogens is 440 g/mol. The van der Waals surface area contributed by atoms with E-state index in [0.717, 1.165) is 0 Å². The minimum Gasteiger partial charge on any atom is -0.132 e. The molecule has 0 aliphatic carbocycles. The standard InChI is InChI=1S/C18H10Br2S2/c19-13-15(11-7-3-1-4-8-11)21-18-14(20)16(22-17(13)18)12-9-5-2-6-10-12/h1-10H. The summed E-state index contributed by atoms with van der Waals surface area (Å²) in [5.41, 5.74) is 2.52. The lowest BCUT2D eigenvalue weighted by molar-refractivity contribution is 1.69. The normalized spacial score (nSPS) is 11.2. The highest BCUT2D eigenvalue weighted by atomic mass is 79.9. The predicted molar refractivity (Wildman–Crippen MR) is 106 cm³/mol. The monoisotopic (exact) mass is 448 g/mol. The lowest BCUT2D eigenvalue weighted by atomic mass is 10.2. The molecule has 0 aliphatic heterocycles. The highest BCUT2D eigenvalue weighted by Crippen LogP contribution is 2.52. The van der Waals surface area contributed by atoms with E-state index in [1.807, 2.05) is 22.7 Å². The Morgan fingerprint density at radius 3 is 1.27 bits per heavy atom. The summed E-state index contributed by atoms with van der Waals surface area (Å²) in [4.78, 5) is 2.59. The van der Waals surface area contributed by atoms with E-state index in [1.54, 1.807) is 0 Å². The molecule has 22 heavy (non-hydrogen) atoms. The first kappa shape index (κ1) is 14.6. The van der Waals surface area contributed by atoms with Crippen molar-refractivity contribution in [1.82, 2.24) is 0 Å². The Labute approximate surface area is 153 Å². The lowest BCUT2D eigenvalue weighted by Gasteiger charge is -2.00. The van der Waals surface area contributed by atoms with Crippen molar-refractivity contribution in [2.45, 2.75) is 0 Å². The third-order valence-electron chi connectivity index (χ3n) is 3.48. The fourth-order valence-electron chi connectivity index (χ4n) is 2.43. The van der Waals surface area contributed by atoms with Crippen molar-refractivity contribution in [3.63, 3.8) is 0 Å². The molecule has 0 radical (unpaired) electrons. The van der Waals surface area contributed by atoms with Gasteiger partial charge in [0.25, 0.3) is 0 Å². The van der Waals surface area contributed by atoms with E-state index in [-0.39, 0.29) is 0 Å². The van der Waals surface area contributed by atoms with Crippen LogP contribution in [-0.2, 0) is 0 Å². The Balaban J connectivity index is 1.92. The summed E-state index contributed by atoms with van der Waals surface area (Å²) >= 11 is 11.3. The number of halogens is 2. The Bertz CT molecular complexity index is 858. The largest absolute Gasteiger partial charge is 0.132 e. The SMILES string of the molecule is Brc1c(-c2ccccc2)sc2c(Br)c(-c3ccccc3)sc12. The van der Waals surface area contributed by atoms with Crippen LogP contribution in [0.15, 0.2) is 69.6 Å². The zero-order chi connectivity index (χ0) is 15.1. The maximum Gasteiger partial charge on any atom is 0.0618 e. The van der Waals surface area contributed by atoms with Crippen LogP contribution in [0.2, 0.25) is 0 Å². The topological polar surface area (TPSA) is 0 Å². The van der Waals surface area contributed by atoms with Gasteiger partial charge in [-0.1, -0.05) is 60.7 Å². The highest BCUT2D eigenvalue weighted by Gasteiger charge is 2.19. The molecule has 4 rings (SSSR count). The molecule has 0 saturated heterocycles. The molecule has 108 valence electrons. The van der Waals surface area contributed by atoms with Crippen molar-refractivity contribution in [3.8, 4) is 20.9 Å². The minimum atomic E-state index is 1.20. The first-order chi connectivity index (χ1) is 10.8. The Kier molecular flexibility index (Phi) is 3.95. The second-order valence-corrected chi connectivity index (χ2v) is 8.51.